The summed E-state index contributed by atoms with van der Waals surface area (Å²) in [5.41, 5.74) is 2.43. The highest BCUT2D eigenvalue weighted by Gasteiger charge is 2.27. The van der Waals surface area contributed by atoms with Gasteiger partial charge in [0, 0.05) is 17.6 Å². The molecule has 4 rings (SSSR count). The summed E-state index contributed by atoms with van der Waals surface area (Å²) in [5.74, 6) is 1.99. The van der Waals surface area contributed by atoms with Crippen LogP contribution in [-0.4, -0.2) is 55.1 Å². The molecule has 4 nitrogen and oxygen atoms in total. The molecule has 0 bridgehead atoms. The van der Waals surface area contributed by atoms with E-state index in [9.17, 15) is 0 Å². The predicted molar refractivity (Wildman–Crippen MR) is 111 cm³/mol. The van der Waals surface area contributed by atoms with E-state index < -0.39 is 0 Å². The van der Waals surface area contributed by atoms with E-state index in [1.54, 1.807) is 0 Å². The number of aryl methyl sites for hydroxylation is 1. The van der Waals surface area contributed by atoms with E-state index in [1.165, 1.54) is 57.4 Å². The third-order valence-electron chi connectivity index (χ3n) is 6.30. The average molecular weight is 368 g/mol. The van der Waals surface area contributed by atoms with Gasteiger partial charge in [-0.1, -0.05) is 29.8 Å². The number of furan rings is 1. The van der Waals surface area contributed by atoms with E-state index in [0.717, 1.165) is 29.7 Å². The Labute approximate surface area is 163 Å². The van der Waals surface area contributed by atoms with Crippen molar-refractivity contribution in [2.75, 3.05) is 33.2 Å². The summed E-state index contributed by atoms with van der Waals surface area (Å²) in [4.78, 5) is 5.19. The molecule has 0 unspecified atom stereocenters. The fourth-order valence-electron chi connectivity index (χ4n) is 4.42. The van der Waals surface area contributed by atoms with Crippen LogP contribution in [0.1, 0.15) is 37.0 Å². The summed E-state index contributed by atoms with van der Waals surface area (Å²) in [7, 11) is 2.24. The van der Waals surface area contributed by atoms with Gasteiger partial charge in [0.2, 0.25) is 0 Å². The SMILES string of the molecule is Cc1ccc(-c2ccc(CNC3CCN(C4CCN(C)CC4)CC3)o2)cc1. The molecular weight excluding hydrogens is 334 g/mol. The lowest BCUT2D eigenvalue weighted by Crippen LogP contribution is -2.49. The number of likely N-dealkylation sites (tertiary alicyclic amines) is 2. The van der Waals surface area contributed by atoms with Gasteiger partial charge in [-0.05, 0) is 78.0 Å². The van der Waals surface area contributed by atoms with Crippen LogP contribution < -0.4 is 5.32 Å². The van der Waals surface area contributed by atoms with Gasteiger partial charge in [-0.2, -0.15) is 0 Å². The Balaban J connectivity index is 1.23. The number of hydrogen-bond donors (Lipinski definition) is 1. The molecule has 2 aliphatic heterocycles. The number of piperidine rings is 2. The molecule has 2 aromatic rings. The van der Waals surface area contributed by atoms with E-state index in [2.05, 4.69) is 65.5 Å². The summed E-state index contributed by atoms with van der Waals surface area (Å²) < 4.78 is 6.05. The standard InChI is InChI=1S/C23H33N3O/c1-18-3-5-19(6-4-18)23-8-7-22(27-23)17-24-20-9-15-26(16-10-20)21-11-13-25(2)14-12-21/h3-8,20-21,24H,9-17H2,1-2H3. The molecule has 2 aliphatic rings. The van der Waals surface area contributed by atoms with Crippen molar-refractivity contribution in [3.8, 4) is 11.3 Å². The minimum absolute atomic E-state index is 0.612. The van der Waals surface area contributed by atoms with E-state index in [-0.39, 0.29) is 0 Å². The summed E-state index contributed by atoms with van der Waals surface area (Å²) in [6.45, 7) is 7.91. The van der Waals surface area contributed by atoms with Gasteiger partial charge >= 0.3 is 0 Å². The molecule has 1 aromatic heterocycles. The lowest BCUT2D eigenvalue weighted by atomic mass is 9.98. The fraction of sp³-hybridized carbons (Fsp3) is 0.565. The van der Waals surface area contributed by atoms with Gasteiger partial charge in [0.15, 0.2) is 0 Å². The van der Waals surface area contributed by atoms with Crippen LogP contribution in [0.2, 0.25) is 0 Å². The Kier molecular flexibility index (Phi) is 5.96. The van der Waals surface area contributed by atoms with Gasteiger partial charge in [-0.25, -0.2) is 0 Å². The Hall–Kier alpha value is -1.62. The molecule has 2 saturated heterocycles. The zero-order chi connectivity index (χ0) is 18.6. The highest BCUT2D eigenvalue weighted by molar-refractivity contribution is 5.57. The minimum Gasteiger partial charge on any atom is -0.460 e. The molecule has 1 aromatic carbocycles. The Morgan fingerprint density at radius 2 is 1.63 bits per heavy atom. The Morgan fingerprint density at radius 3 is 2.33 bits per heavy atom. The van der Waals surface area contributed by atoms with Gasteiger partial charge in [-0.3, -0.25) is 0 Å². The molecule has 2 fully saturated rings. The van der Waals surface area contributed by atoms with Gasteiger partial charge < -0.3 is 19.5 Å². The van der Waals surface area contributed by atoms with Gasteiger partial charge in [0.25, 0.3) is 0 Å². The molecule has 0 aliphatic carbocycles. The van der Waals surface area contributed by atoms with Gasteiger partial charge in [-0.15, -0.1) is 0 Å². The highest BCUT2D eigenvalue weighted by Crippen LogP contribution is 2.24. The van der Waals surface area contributed by atoms with E-state index in [1.807, 2.05) is 0 Å². The van der Waals surface area contributed by atoms with Crippen LogP contribution >= 0.6 is 0 Å². The molecule has 0 radical (unpaired) electrons. The topological polar surface area (TPSA) is 31.6 Å². The maximum absolute atomic E-state index is 6.05. The van der Waals surface area contributed by atoms with Crippen molar-refractivity contribution in [3.05, 3.63) is 47.7 Å². The quantitative estimate of drug-likeness (QED) is 0.868. The number of nitrogens with one attached hydrogen (secondary N) is 1. The molecule has 0 saturated carbocycles. The molecule has 3 heterocycles. The van der Waals surface area contributed by atoms with Crippen molar-refractivity contribution < 1.29 is 4.42 Å². The summed E-state index contributed by atoms with van der Waals surface area (Å²) >= 11 is 0. The molecule has 146 valence electrons. The van der Waals surface area contributed by atoms with Crippen LogP contribution in [0.5, 0.6) is 0 Å². The summed E-state index contributed by atoms with van der Waals surface area (Å²) in [6.07, 6.45) is 5.17. The molecule has 4 heteroatoms. The summed E-state index contributed by atoms with van der Waals surface area (Å²) in [6, 6.07) is 14.1. The zero-order valence-electron chi connectivity index (χ0n) is 16.8. The first-order chi connectivity index (χ1) is 13.2. The predicted octanol–water partition coefficient (Wildman–Crippen LogP) is 3.90. The van der Waals surface area contributed by atoms with Crippen molar-refractivity contribution in [1.82, 2.24) is 15.1 Å². The number of rotatable bonds is 5. The maximum atomic E-state index is 6.05. The van der Waals surface area contributed by atoms with E-state index in [0.29, 0.717) is 6.04 Å². The molecule has 0 spiro atoms. The van der Waals surface area contributed by atoms with E-state index in [4.69, 9.17) is 4.42 Å². The minimum atomic E-state index is 0.612. The van der Waals surface area contributed by atoms with Crippen molar-refractivity contribution in [1.29, 1.82) is 0 Å². The first-order valence-corrected chi connectivity index (χ1v) is 10.5. The second kappa shape index (κ2) is 8.59. The van der Waals surface area contributed by atoms with Crippen LogP contribution in [0.15, 0.2) is 40.8 Å². The van der Waals surface area contributed by atoms with E-state index >= 15 is 0 Å². The van der Waals surface area contributed by atoms with Crippen molar-refractivity contribution >= 4 is 0 Å². The molecule has 27 heavy (non-hydrogen) atoms. The van der Waals surface area contributed by atoms with Crippen molar-refractivity contribution in [2.24, 2.45) is 0 Å². The van der Waals surface area contributed by atoms with Crippen LogP contribution in [0.25, 0.3) is 11.3 Å². The lowest BCUT2D eigenvalue weighted by molar-refractivity contribution is 0.0918. The third kappa shape index (κ3) is 4.81. The largest absolute Gasteiger partial charge is 0.460 e. The Morgan fingerprint density at radius 1 is 0.926 bits per heavy atom. The van der Waals surface area contributed by atoms with Crippen LogP contribution in [-0.2, 0) is 6.54 Å². The normalized spacial score (nSPS) is 21.0. The third-order valence-corrected chi connectivity index (χ3v) is 6.30. The smallest absolute Gasteiger partial charge is 0.134 e. The second-order valence-electron chi connectivity index (χ2n) is 8.36. The fourth-order valence-corrected chi connectivity index (χ4v) is 4.42. The number of hydrogen-bond acceptors (Lipinski definition) is 4. The molecule has 0 amide bonds. The van der Waals surface area contributed by atoms with Crippen LogP contribution in [0.3, 0.4) is 0 Å². The second-order valence-corrected chi connectivity index (χ2v) is 8.36. The Bertz CT molecular complexity index is 707. The molecule has 1 N–H and O–H groups in total. The average Bonchev–Trinajstić information content (AvgIpc) is 3.17. The first-order valence-electron chi connectivity index (χ1n) is 10.5. The lowest BCUT2D eigenvalue weighted by Gasteiger charge is -2.41. The van der Waals surface area contributed by atoms with Crippen molar-refractivity contribution in [2.45, 2.75) is 51.2 Å². The maximum Gasteiger partial charge on any atom is 0.134 e. The number of benzene rings is 1. The highest BCUT2D eigenvalue weighted by atomic mass is 16.3. The monoisotopic (exact) mass is 367 g/mol. The first kappa shape index (κ1) is 18.7. The zero-order valence-corrected chi connectivity index (χ0v) is 16.8. The molecular formula is C23H33N3O. The van der Waals surface area contributed by atoms with Crippen LogP contribution in [0.4, 0.5) is 0 Å². The van der Waals surface area contributed by atoms with Gasteiger partial charge in [0.05, 0.1) is 6.54 Å². The summed E-state index contributed by atoms with van der Waals surface area (Å²) in [5, 5.41) is 3.71. The number of nitrogens with zero attached hydrogens (tertiary/aromatic N) is 2. The molecule has 0 atom stereocenters. The van der Waals surface area contributed by atoms with Crippen LogP contribution in [0, 0.1) is 6.92 Å². The van der Waals surface area contributed by atoms with Gasteiger partial charge in [0.1, 0.15) is 11.5 Å². The van der Waals surface area contributed by atoms with Crippen molar-refractivity contribution in [3.63, 3.8) is 0 Å².